The van der Waals surface area contributed by atoms with Gasteiger partial charge in [0, 0.05) is 19.1 Å². The maximum absolute atomic E-state index is 12.2. The van der Waals surface area contributed by atoms with Crippen molar-refractivity contribution in [1.29, 1.82) is 0 Å². The Balaban J connectivity index is 1.77. The minimum absolute atomic E-state index is 0.175. The fraction of sp³-hybridized carbons (Fsp3) is 0.933. The second-order valence-corrected chi connectivity index (χ2v) is 6.58. The van der Waals surface area contributed by atoms with Crippen molar-refractivity contribution in [3.8, 4) is 0 Å². The number of piperidine rings is 1. The lowest BCUT2D eigenvalue weighted by Gasteiger charge is -2.35. The van der Waals surface area contributed by atoms with Crippen LogP contribution >= 0.6 is 0 Å². The van der Waals surface area contributed by atoms with E-state index in [2.05, 4.69) is 26.1 Å². The number of nitrogens with one attached hydrogen (secondary N) is 1. The smallest absolute Gasteiger partial charge is 0.317 e. The van der Waals surface area contributed by atoms with Crippen LogP contribution in [0.15, 0.2) is 0 Å². The van der Waals surface area contributed by atoms with Crippen molar-refractivity contribution in [1.82, 2.24) is 10.2 Å². The second-order valence-electron chi connectivity index (χ2n) is 6.58. The van der Waals surface area contributed by atoms with E-state index in [0.29, 0.717) is 6.04 Å². The quantitative estimate of drug-likeness (QED) is 0.763. The Kier molecular flexibility index (Phi) is 4.52. The number of hydrogen-bond donors (Lipinski definition) is 1. The van der Waals surface area contributed by atoms with Crippen LogP contribution in [0.25, 0.3) is 0 Å². The van der Waals surface area contributed by atoms with Crippen LogP contribution in [0.1, 0.15) is 52.9 Å². The highest BCUT2D eigenvalue weighted by atomic mass is 16.2. The number of rotatable bonds is 1. The summed E-state index contributed by atoms with van der Waals surface area (Å²) in [5, 5.41) is 3.24. The molecular formula is C15H28N2O. The molecule has 0 aromatic carbocycles. The van der Waals surface area contributed by atoms with Crippen molar-refractivity contribution in [2.45, 2.75) is 58.9 Å². The van der Waals surface area contributed by atoms with Crippen LogP contribution in [-0.4, -0.2) is 30.1 Å². The van der Waals surface area contributed by atoms with Crippen LogP contribution in [0.2, 0.25) is 0 Å². The first-order valence-corrected chi connectivity index (χ1v) is 7.61. The summed E-state index contributed by atoms with van der Waals surface area (Å²) in [6.07, 6.45) is 5.87. The molecule has 18 heavy (non-hydrogen) atoms. The van der Waals surface area contributed by atoms with Gasteiger partial charge in [-0.25, -0.2) is 4.79 Å². The minimum atomic E-state index is 0.175. The number of urea groups is 1. The summed E-state index contributed by atoms with van der Waals surface area (Å²) in [6, 6.07) is 0.580. The first-order chi connectivity index (χ1) is 8.56. The van der Waals surface area contributed by atoms with E-state index in [1.807, 2.05) is 4.90 Å². The summed E-state index contributed by atoms with van der Waals surface area (Å²) in [7, 11) is 0. The minimum Gasteiger partial charge on any atom is -0.335 e. The van der Waals surface area contributed by atoms with Crippen LogP contribution < -0.4 is 5.32 Å². The second kappa shape index (κ2) is 5.94. The van der Waals surface area contributed by atoms with E-state index in [1.54, 1.807) is 0 Å². The lowest BCUT2D eigenvalue weighted by molar-refractivity contribution is 0.159. The fourth-order valence-electron chi connectivity index (χ4n) is 3.16. The summed E-state index contributed by atoms with van der Waals surface area (Å²) < 4.78 is 0. The van der Waals surface area contributed by atoms with Gasteiger partial charge in [-0.05, 0) is 49.9 Å². The van der Waals surface area contributed by atoms with E-state index < -0.39 is 0 Å². The molecule has 0 spiro atoms. The molecule has 3 atom stereocenters. The summed E-state index contributed by atoms with van der Waals surface area (Å²) >= 11 is 0. The van der Waals surface area contributed by atoms with E-state index in [4.69, 9.17) is 0 Å². The fourth-order valence-corrected chi connectivity index (χ4v) is 3.16. The monoisotopic (exact) mass is 252 g/mol. The van der Waals surface area contributed by atoms with Crippen molar-refractivity contribution in [3.05, 3.63) is 0 Å². The number of amides is 2. The Morgan fingerprint density at radius 1 is 1.00 bits per heavy atom. The number of likely N-dealkylation sites (tertiary alicyclic amines) is 1. The third-order valence-electron chi connectivity index (χ3n) is 5.00. The van der Waals surface area contributed by atoms with Crippen molar-refractivity contribution < 1.29 is 4.79 Å². The molecular weight excluding hydrogens is 224 g/mol. The van der Waals surface area contributed by atoms with Crippen LogP contribution in [0.3, 0.4) is 0 Å². The van der Waals surface area contributed by atoms with E-state index in [1.165, 1.54) is 6.42 Å². The van der Waals surface area contributed by atoms with Crippen LogP contribution in [0.5, 0.6) is 0 Å². The molecule has 1 aliphatic heterocycles. The molecule has 2 fully saturated rings. The van der Waals surface area contributed by atoms with Gasteiger partial charge in [0.25, 0.3) is 0 Å². The van der Waals surface area contributed by atoms with Gasteiger partial charge in [0.05, 0.1) is 0 Å². The zero-order chi connectivity index (χ0) is 13.1. The molecule has 1 N–H and O–H groups in total. The maximum Gasteiger partial charge on any atom is 0.317 e. The highest BCUT2D eigenvalue weighted by Gasteiger charge is 2.27. The largest absolute Gasteiger partial charge is 0.335 e. The Bertz CT molecular complexity index is 284. The SMILES string of the molecule is CC1CCN(C(=O)NC2CCC(C)C(C)C2)CC1. The first-order valence-electron chi connectivity index (χ1n) is 7.61. The normalized spacial score (nSPS) is 34.4. The van der Waals surface area contributed by atoms with E-state index in [-0.39, 0.29) is 6.03 Å². The summed E-state index contributed by atoms with van der Waals surface area (Å²) in [4.78, 5) is 14.2. The molecule has 1 saturated carbocycles. The molecule has 0 aromatic heterocycles. The van der Waals surface area contributed by atoms with Crippen molar-refractivity contribution in [2.24, 2.45) is 17.8 Å². The Labute approximate surface area is 111 Å². The van der Waals surface area contributed by atoms with Gasteiger partial charge < -0.3 is 10.2 Å². The molecule has 2 amide bonds. The third kappa shape index (κ3) is 3.39. The summed E-state index contributed by atoms with van der Waals surface area (Å²) in [5.41, 5.74) is 0. The molecule has 104 valence electrons. The zero-order valence-corrected chi connectivity index (χ0v) is 12.1. The molecule has 3 unspecified atom stereocenters. The lowest BCUT2D eigenvalue weighted by atomic mass is 9.79. The average Bonchev–Trinajstić information content (AvgIpc) is 2.34. The van der Waals surface area contributed by atoms with E-state index >= 15 is 0 Å². The van der Waals surface area contributed by atoms with Gasteiger partial charge in [0.2, 0.25) is 0 Å². The van der Waals surface area contributed by atoms with Crippen molar-refractivity contribution >= 4 is 6.03 Å². The predicted molar refractivity (Wildman–Crippen MR) is 74.5 cm³/mol. The molecule has 3 heteroatoms. The number of carbonyl (C=O) groups is 1. The van der Waals surface area contributed by atoms with Crippen LogP contribution in [0.4, 0.5) is 4.79 Å². The van der Waals surface area contributed by atoms with Gasteiger partial charge in [0.15, 0.2) is 0 Å². The first kappa shape index (κ1) is 13.7. The number of nitrogens with zero attached hydrogens (tertiary/aromatic N) is 1. The average molecular weight is 252 g/mol. The molecule has 0 radical (unpaired) electrons. The molecule has 2 aliphatic rings. The highest BCUT2D eigenvalue weighted by molar-refractivity contribution is 5.74. The highest BCUT2D eigenvalue weighted by Crippen LogP contribution is 2.29. The maximum atomic E-state index is 12.2. The van der Waals surface area contributed by atoms with Gasteiger partial charge in [-0.2, -0.15) is 0 Å². The zero-order valence-electron chi connectivity index (χ0n) is 12.1. The predicted octanol–water partition coefficient (Wildman–Crippen LogP) is 3.25. The molecule has 1 aliphatic carbocycles. The van der Waals surface area contributed by atoms with Gasteiger partial charge in [-0.15, -0.1) is 0 Å². The van der Waals surface area contributed by atoms with E-state index in [0.717, 1.165) is 56.5 Å². The summed E-state index contributed by atoms with van der Waals surface area (Å²) in [6.45, 7) is 8.79. The Morgan fingerprint density at radius 2 is 1.67 bits per heavy atom. The molecule has 3 nitrogen and oxygen atoms in total. The number of hydrogen-bond acceptors (Lipinski definition) is 1. The van der Waals surface area contributed by atoms with Gasteiger partial charge >= 0.3 is 6.03 Å². The lowest BCUT2D eigenvalue weighted by Crippen LogP contribution is -2.49. The third-order valence-corrected chi connectivity index (χ3v) is 5.00. The topological polar surface area (TPSA) is 32.3 Å². The van der Waals surface area contributed by atoms with E-state index in [9.17, 15) is 4.79 Å². The molecule has 2 rings (SSSR count). The van der Waals surface area contributed by atoms with Gasteiger partial charge in [-0.3, -0.25) is 0 Å². The molecule has 1 saturated heterocycles. The van der Waals surface area contributed by atoms with Gasteiger partial charge in [-0.1, -0.05) is 20.8 Å². The Morgan fingerprint density at radius 3 is 2.28 bits per heavy atom. The number of carbonyl (C=O) groups excluding carboxylic acids is 1. The molecule has 1 heterocycles. The van der Waals surface area contributed by atoms with Crippen LogP contribution in [0, 0.1) is 17.8 Å². The van der Waals surface area contributed by atoms with Gasteiger partial charge in [0.1, 0.15) is 0 Å². The van der Waals surface area contributed by atoms with Crippen molar-refractivity contribution in [2.75, 3.05) is 13.1 Å². The van der Waals surface area contributed by atoms with Crippen molar-refractivity contribution in [3.63, 3.8) is 0 Å². The molecule has 0 aromatic rings. The summed E-state index contributed by atoms with van der Waals surface area (Å²) in [5.74, 6) is 2.34. The Hall–Kier alpha value is -0.730. The standard InChI is InChI=1S/C15H28N2O/c1-11-6-8-17(9-7-11)15(18)16-14-5-4-12(2)13(3)10-14/h11-14H,4-10H2,1-3H3,(H,16,18). The van der Waals surface area contributed by atoms with Crippen LogP contribution in [-0.2, 0) is 0 Å². The molecule has 0 bridgehead atoms.